The number of carbonyl (C=O) groups is 1. The number of carbonyl (C=O) groups excluding carboxylic acids is 1. The van der Waals surface area contributed by atoms with Crippen molar-refractivity contribution in [3.8, 4) is 0 Å². The average Bonchev–Trinajstić information content (AvgIpc) is 2.82. The van der Waals surface area contributed by atoms with Gasteiger partial charge in [0, 0.05) is 39.2 Å². The number of hydrogen-bond donors (Lipinski definition) is 1. The molecule has 21 heavy (non-hydrogen) atoms. The van der Waals surface area contributed by atoms with Crippen molar-refractivity contribution in [2.24, 2.45) is 7.05 Å². The van der Waals surface area contributed by atoms with Crippen LogP contribution < -0.4 is 10.0 Å². The van der Waals surface area contributed by atoms with Crippen molar-refractivity contribution in [1.29, 1.82) is 0 Å². The molecule has 0 radical (unpaired) electrons. The Morgan fingerprint density at radius 2 is 2.00 bits per heavy atom. The Kier molecular flexibility index (Phi) is 4.40. The maximum Gasteiger partial charge on any atom is 0.244 e. The van der Waals surface area contributed by atoms with Gasteiger partial charge in [0.25, 0.3) is 0 Å². The maximum atomic E-state index is 12.6. The Bertz CT molecular complexity index is 630. The Morgan fingerprint density at radius 3 is 2.48 bits per heavy atom. The van der Waals surface area contributed by atoms with Crippen LogP contribution in [0, 0.1) is 0 Å². The SMILES string of the molecule is CN(C1CC[NH+](C)CC1)S(=O)(=O)c1cc(C(=O)[O-])n(C)c1. The second-order valence-electron chi connectivity index (χ2n) is 5.67. The Labute approximate surface area is 124 Å². The second-order valence-corrected chi connectivity index (χ2v) is 7.67. The number of rotatable bonds is 4. The lowest BCUT2D eigenvalue weighted by Gasteiger charge is -2.32. The molecular weight excluding hydrogens is 294 g/mol. The van der Waals surface area contributed by atoms with Crippen LogP contribution in [0.2, 0.25) is 0 Å². The van der Waals surface area contributed by atoms with E-state index in [0.29, 0.717) is 0 Å². The minimum atomic E-state index is -3.68. The minimum Gasteiger partial charge on any atom is -0.543 e. The van der Waals surface area contributed by atoms with E-state index in [4.69, 9.17) is 0 Å². The molecule has 0 amide bonds. The molecule has 1 aromatic heterocycles. The van der Waals surface area contributed by atoms with Gasteiger partial charge in [-0.2, -0.15) is 4.31 Å². The molecule has 8 heteroatoms. The highest BCUT2D eigenvalue weighted by molar-refractivity contribution is 7.89. The van der Waals surface area contributed by atoms with Gasteiger partial charge >= 0.3 is 0 Å². The first-order valence-electron chi connectivity index (χ1n) is 6.90. The van der Waals surface area contributed by atoms with Crippen molar-refractivity contribution in [2.75, 3.05) is 27.2 Å². The first-order valence-corrected chi connectivity index (χ1v) is 8.34. The van der Waals surface area contributed by atoms with Crippen LogP contribution in [0.25, 0.3) is 0 Å². The van der Waals surface area contributed by atoms with Crippen LogP contribution in [-0.2, 0) is 17.1 Å². The van der Waals surface area contributed by atoms with E-state index in [1.807, 2.05) is 0 Å². The molecular formula is C13H21N3O4S. The van der Waals surface area contributed by atoms with Gasteiger partial charge in [-0.05, 0) is 6.07 Å². The molecule has 7 nitrogen and oxygen atoms in total. The summed E-state index contributed by atoms with van der Waals surface area (Å²) < 4.78 is 27.8. The van der Waals surface area contributed by atoms with Crippen molar-refractivity contribution >= 4 is 16.0 Å². The van der Waals surface area contributed by atoms with E-state index in [-0.39, 0.29) is 16.6 Å². The lowest BCUT2D eigenvalue weighted by molar-refractivity contribution is -0.885. The predicted octanol–water partition coefficient (Wildman–Crippen LogP) is -2.31. The standard InChI is InChI=1S/C13H21N3O4S/c1-14-6-4-10(5-7-14)16(3)21(19,20)11-8-12(13(17)18)15(2)9-11/h8-10H,4-7H2,1-3H3,(H,17,18). The van der Waals surface area contributed by atoms with E-state index in [1.165, 1.54) is 27.0 Å². The van der Waals surface area contributed by atoms with Crippen LogP contribution in [-0.4, -0.2) is 56.5 Å². The summed E-state index contributed by atoms with van der Waals surface area (Å²) in [6.07, 6.45) is 2.93. The van der Waals surface area contributed by atoms with E-state index < -0.39 is 16.0 Å². The van der Waals surface area contributed by atoms with Gasteiger partial charge in [-0.3, -0.25) is 0 Å². The molecule has 2 heterocycles. The van der Waals surface area contributed by atoms with Gasteiger partial charge < -0.3 is 19.4 Å². The number of carboxylic acids is 1. The monoisotopic (exact) mass is 315 g/mol. The zero-order valence-corrected chi connectivity index (χ0v) is 13.3. The summed E-state index contributed by atoms with van der Waals surface area (Å²) in [6.45, 7) is 1.87. The fourth-order valence-electron chi connectivity index (χ4n) is 2.70. The van der Waals surface area contributed by atoms with E-state index >= 15 is 0 Å². The van der Waals surface area contributed by atoms with Gasteiger partial charge in [0.05, 0.1) is 31.8 Å². The topological polar surface area (TPSA) is 86.9 Å². The molecule has 0 unspecified atom stereocenters. The molecule has 1 N–H and O–H groups in total. The highest BCUT2D eigenvalue weighted by Gasteiger charge is 2.32. The van der Waals surface area contributed by atoms with Gasteiger partial charge in [-0.15, -0.1) is 0 Å². The van der Waals surface area contributed by atoms with E-state index in [2.05, 4.69) is 7.05 Å². The van der Waals surface area contributed by atoms with Crippen LogP contribution >= 0.6 is 0 Å². The Hall–Kier alpha value is -1.38. The van der Waals surface area contributed by atoms with Crippen LogP contribution in [0.4, 0.5) is 0 Å². The highest BCUT2D eigenvalue weighted by atomic mass is 32.2. The summed E-state index contributed by atoms with van der Waals surface area (Å²) in [6, 6.07) is 1.12. The molecule has 1 fully saturated rings. The Balaban J connectivity index is 2.25. The third-order valence-electron chi connectivity index (χ3n) is 4.19. The molecule has 0 bridgehead atoms. The fraction of sp³-hybridized carbons (Fsp3) is 0.615. The number of sulfonamides is 1. The number of carboxylic acid groups (broad SMARTS) is 1. The van der Waals surface area contributed by atoms with Crippen LogP contribution in [0.1, 0.15) is 23.3 Å². The zero-order chi connectivity index (χ0) is 15.8. The van der Waals surface area contributed by atoms with Crippen LogP contribution in [0.15, 0.2) is 17.2 Å². The number of aromatic carboxylic acids is 1. The summed E-state index contributed by atoms with van der Waals surface area (Å²) >= 11 is 0. The molecule has 1 saturated heterocycles. The molecule has 0 saturated carbocycles. The number of quaternary nitrogens is 1. The van der Waals surface area contributed by atoms with Gasteiger partial charge in [-0.1, -0.05) is 0 Å². The highest BCUT2D eigenvalue weighted by Crippen LogP contribution is 2.21. The lowest BCUT2D eigenvalue weighted by Crippen LogP contribution is -3.10. The first-order chi connectivity index (χ1) is 9.73. The average molecular weight is 315 g/mol. The quantitative estimate of drug-likeness (QED) is 0.676. The third-order valence-corrected chi connectivity index (χ3v) is 6.06. The summed E-state index contributed by atoms with van der Waals surface area (Å²) in [5.74, 6) is -1.38. The number of nitrogens with zero attached hydrogens (tertiary/aromatic N) is 2. The molecule has 1 aliphatic rings. The molecule has 1 aromatic rings. The molecule has 2 rings (SSSR count). The van der Waals surface area contributed by atoms with E-state index in [0.717, 1.165) is 32.0 Å². The van der Waals surface area contributed by atoms with Crippen molar-refractivity contribution in [2.45, 2.75) is 23.8 Å². The van der Waals surface area contributed by atoms with Crippen molar-refractivity contribution in [3.05, 3.63) is 18.0 Å². The number of aromatic nitrogens is 1. The number of nitrogens with one attached hydrogen (secondary N) is 1. The molecule has 0 aromatic carbocycles. The summed E-state index contributed by atoms with van der Waals surface area (Å²) in [5.41, 5.74) is -0.144. The summed E-state index contributed by atoms with van der Waals surface area (Å²) in [7, 11) is 1.46. The Morgan fingerprint density at radius 1 is 1.43 bits per heavy atom. The number of aryl methyl sites for hydroxylation is 1. The van der Waals surface area contributed by atoms with Crippen molar-refractivity contribution < 1.29 is 23.2 Å². The molecule has 0 atom stereocenters. The van der Waals surface area contributed by atoms with Crippen molar-refractivity contribution in [3.63, 3.8) is 0 Å². The largest absolute Gasteiger partial charge is 0.543 e. The second kappa shape index (κ2) is 5.78. The summed E-state index contributed by atoms with van der Waals surface area (Å²) in [5, 5.41) is 10.9. The molecule has 118 valence electrons. The number of hydrogen-bond acceptors (Lipinski definition) is 4. The number of piperidine rings is 1. The van der Waals surface area contributed by atoms with Gasteiger partial charge in [-0.25, -0.2) is 8.42 Å². The van der Waals surface area contributed by atoms with Gasteiger partial charge in [0.1, 0.15) is 4.90 Å². The molecule has 0 spiro atoms. The molecule has 1 aliphatic heterocycles. The third kappa shape index (κ3) is 3.12. The summed E-state index contributed by atoms with van der Waals surface area (Å²) in [4.78, 5) is 12.3. The maximum absolute atomic E-state index is 12.6. The smallest absolute Gasteiger partial charge is 0.244 e. The van der Waals surface area contributed by atoms with Crippen LogP contribution in [0.5, 0.6) is 0 Å². The van der Waals surface area contributed by atoms with Gasteiger partial charge in [0.2, 0.25) is 10.0 Å². The van der Waals surface area contributed by atoms with Gasteiger partial charge in [0.15, 0.2) is 0 Å². The normalized spacial score (nSPS) is 23.4. The zero-order valence-electron chi connectivity index (χ0n) is 12.5. The van der Waals surface area contributed by atoms with E-state index in [9.17, 15) is 18.3 Å². The minimum absolute atomic E-state index is 0.00187. The first kappa shape index (κ1) is 16.0. The molecule has 0 aliphatic carbocycles. The predicted molar refractivity (Wildman–Crippen MR) is 74.3 cm³/mol. The number of likely N-dealkylation sites (tertiary alicyclic amines) is 1. The van der Waals surface area contributed by atoms with Crippen LogP contribution in [0.3, 0.4) is 0 Å². The fourth-order valence-corrected chi connectivity index (χ4v) is 4.19. The lowest BCUT2D eigenvalue weighted by atomic mass is 10.1. The van der Waals surface area contributed by atoms with E-state index in [1.54, 1.807) is 7.05 Å². The van der Waals surface area contributed by atoms with Crippen molar-refractivity contribution in [1.82, 2.24) is 8.87 Å².